The van der Waals surface area contributed by atoms with E-state index in [4.69, 9.17) is 9.94 Å². The molecule has 90 valence electrons. The van der Waals surface area contributed by atoms with Crippen molar-refractivity contribution in [3.8, 4) is 5.75 Å². The zero-order valence-electron chi connectivity index (χ0n) is 9.31. The molecule has 17 heavy (non-hydrogen) atoms. The van der Waals surface area contributed by atoms with Gasteiger partial charge >= 0.3 is 0 Å². The van der Waals surface area contributed by atoms with Crippen molar-refractivity contribution in [2.45, 2.75) is 25.9 Å². The van der Waals surface area contributed by atoms with E-state index in [0.29, 0.717) is 24.1 Å². The first kappa shape index (κ1) is 11.6. The second kappa shape index (κ2) is 4.53. The molecule has 0 aromatic heterocycles. The number of Topliss-reactive ketones (excluding diaryl/α,β-unsaturated/α-hetero) is 1. The molecule has 4 nitrogen and oxygen atoms in total. The van der Waals surface area contributed by atoms with E-state index in [-0.39, 0.29) is 11.9 Å². The zero-order valence-corrected chi connectivity index (χ0v) is 9.31. The SMILES string of the molecule is CC(=O)C[C@@H]1CC(c2ccc(O)c(F)c2)=NO1. The molecule has 1 N–H and O–H groups in total. The number of halogens is 1. The van der Waals surface area contributed by atoms with Crippen molar-refractivity contribution in [2.75, 3.05) is 0 Å². The van der Waals surface area contributed by atoms with Crippen LogP contribution >= 0.6 is 0 Å². The van der Waals surface area contributed by atoms with E-state index in [2.05, 4.69) is 5.16 Å². The summed E-state index contributed by atoms with van der Waals surface area (Å²) in [5.41, 5.74) is 1.15. The second-order valence-electron chi connectivity index (χ2n) is 4.04. The second-order valence-corrected chi connectivity index (χ2v) is 4.04. The monoisotopic (exact) mass is 237 g/mol. The molecule has 0 spiro atoms. The molecule has 5 heteroatoms. The quantitative estimate of drug-likeness (QED) is 0.874. The van der Waals surface area contributed by atoms with E-state index in [1.54, 1.807) is 6.07 Å². The largest absolute Gasteiger partial charge is 0.505 e. The number of carbonyl (C=O) groups excluding carboxylic acids is 1. The van der Waals surface area contributed by atoms with E-state index in [0.717, 1.165) is 0 Å². The Bertz CT molecular complexity index is 485. The van der Waals surface area contributed by atoms with Gasteiger partial charge in [0, 0.05) is 18.4 Å². The molecule has 1 aromatic carbocycles. The Balaban J connectivity index is 2.09. The molecule has 0 saturated heterocycles. The molecule has 1 aliphatic heterocycles. The Kier molecular flexibility index (Phi) is 3.08. The minimum Gasteiger partial charge on any atom is -0.505 e. The van der Waals surface area contributed by atoms with Gasteiger partial charge in [0.05, 0.1) is 5.71 Å². The van der Waals surface area contributed by atoms with Crippen LogP contribution in [0, 0.1) is 5.82 Å². The smallest absolute Gasteiger partial charge is 0.165 e. The third-order valence-corrected chi connectivity index (χ3v) is 2.53. The van der Waals surface area contributed by atoms with Crippen molar-refractivity contribution in [3.05, 3.63) is 29.6 Å². The van der Waals surface area contributed by atoms with Gasteiger partial charge in [-0.15, -0.1) is 0 Å². The van der Waals surface area contributed by atoms with Crippen LogP contribution in [0.5, 0.6) is 5.75 Å². The number of carbonyl (C=O) groups is 1. The van der Waals surface area contributed by atoms with Gasteiger partial charge in [0.1, 0.15) is 11.9 Å². The van der Waals surface area contributed by atoms with Gasteiger partial charge in [-0.3, -0.25) is 4.79 Å². The Labute approximate surface area is 97.7 Å². The van der Waals surface area contributed by atoms with Gasteiger partial charge < -0.3 is 9.94 Å². The van der Waals surface area contributed by atoms with Crippen LogP contribution in [0.25, 0.3) is 0 Å². The van der Waals surface area contributed by atoms with Crippen molar-refractivity contribution in [3.63, 3.8) is 0 Å². The fourth-order valence-electron chi connectivity index (χ4n) is 1.72. The van der Waals surface area contributed by atoms with Crippen molar-refractivity contribution in [1.82, 2.24) is 0 Å². The highest BCUT2D eigenvalue weighted by atomic mass is 19.1. The summed E-state index contributed by atoms with van der Waals surface area (Å²) < 4.78 is 13.1. The normalized spacial score (nSPS) is 18.7. The van der Waals surface area contributed by atoms with E-state index < -0.39 is 11.6 Å². The maximum atomic E-state index is 13.1. The molecule has 1 atom stereocenters. The van der Waals surface area contributed by atoms with Gasteiger partial charge in [0.2, 0.25) is 0 Å². The fourth-order valence-corrected chi connectivity index (χ4v) is 1.72. The van der Waals surface area contributed by atoms with Crippen LogP contribution in [0.2, 0.25) is 0 Å². The Morgan fingerprint density at radius 2 is 2.41 bits per heavy atom. The summed E-state index contributed by atoms with van der Waals surface area (Å²) in [6, 6.07) is 4.04. The molecule has 0 fully saturated rings. The topological polar surface area (TPSA) is 58.9 Å². The molecule has 0 bridgehead atoms. The predicted octanol–water partition coefficient (Wildman–Crippen LogP) is 2.00. The molecule has 1 heterocycles. The van der Waals surface area contributed by atoms with Gasteiger partial charge in [-0.2, -0.15) is 0 Å². The van der Waals surface area contributed by atoms with E-state index in [1.807, 2.05) is 0 Å². The van der Waals surface area contributed by atoms with Gasteiger partial charge in [-0.25, -0.2) is 4.39 Å². The Hall–Kier alpha value is -1.91. The standard InChI is InChI=1S/C12H12FNO3/c1-7(15)4-9-6-11(14-17-9)8-2-3-12(16)10(13)5-8/h2-3,5,9,16H,4,6H2,1H3/t9-/m1/s1. The molecule has 1 aliphatic rings. The average Bonchev–Trinajstić information content (AvgIpc) is 2.69. The number of aromatic hydroxyl groups is 1. The molecule has 0 saturated carbocycles. The zero-order chi connectivity index (χ0) is 12.4. The number of rotatable bonds is 3. The number of hydrogen-bond donors (Lipinski definition) is 1. The van der Waals surface area contributed by atoms with Crippen LogP contribution in [0.4, 0.5) is 4.39 Å². The number of oxime groups is 1. The maximum Gasteiger partial charge on any atom is 0.165 e. The molecule has 0 aliphatic carbocycles. The van der Waals surface area contributed by atoms with Crippen molar-refractivity contribution in [2.24, 2.45) is 5.16 Å². The summed E-state index contributed by atoms with van der Waals surface area (Å²) >= 11 is 0. The van der Waals surface area contributed by atoms with E-state index in [9.17, 15) is 9.18 Å². The summed E-state index contributed by atoms with van der Waals surface area (Å²) in [6.45, 7) is 1.49. The Morgan fingerprint density at radius 3 is 3.06 bits per heavy atom. The Morgan fingerprint density at radius 1 is 1.65 bits per heavy atom. The molecular formula is C12H12FNO3. The number of phenols is 1. The highest BCUT2D eigenvalue weighted by molar-refractivity contribution is 6.01. The number of nitrogens with zero attached hydrogens (tertiary/aromatic N) is 1. The van der Waals surface area contributed by atoms with Crippen molar-refractivity contribution in [1.29, 1.82) is 0 Å². The number of phenolic OH excluding ortho intramolecular Hbond substituents is 1. The number of ketones is 1. The van der Waals surface area contributed by atoms with E-state index in [1.165, 1.54) is 19.1 Å². The third-order valence-electron chi connectivity index (χ3n) is 2.53. The first-order valence-electron chi connectivity index (χ1n) is 5.27. The molecule has 0 radical (unpaired) electrons. The summed E-state index contributed by atoms with van der Waals surface area (Å²) in [5, 5.41) is 12.9. The minimum atomic E-state index is -0.694. The van der Waals surface area contributed by atoms with Crippen LogP contribution in [-0.4, -0.2) is 22.7 Å². The molecule has 1 aromatic rings. The predicted molar refractivity (Wildman–Crippen MR) is 59.4 cm³/mol. The highest BCUT2D eigenvalue weighted by Gasteiger charge is 2.23. The lowest BCUT2D eigenvalue weighted by Gasteiger charge is -2.04. The fraction of sp³-hybridized carbons (Fsp3) is 0.333. The summed E-state index contributed by atoms with van der Waals surface area (Å²) in [4.78, 5) is 16.0. The average molecular weight is 237 g/mol. The first-order valence-corrected chi connectivity index (χ1v) is 5.27. The van der Waals surface area contributed by atoms with Crippen LogP contribution in [0.3, 0.4) is 0 Å². The maximum absolute atomic E-state index is 13.1. The van der Waals surface area contributed by atoms with Gasteiger partial charge in [0.25, 0.3) is 0 Å². The van der Waals surface area contributed by atoms with Crippen LogP contribution in [0.15, 0.2) is 23.4 Å². The highest BCUT2D eigenvalue weighted by Crippen LogP contribution is 2.22. The van der Waals surface area contributed by atoms with Crippen LogP contribution in [0.1, 0.15) is 25.3 Å². The first-order chi connectivity index (χ1) is 8.06. The lowest BCUT2D eigenvalue weighted by Crippen LogP contribution is -2.12. The van der Waals surface area contributed by atoms with Crippen molar-refractivity contribution >= 4 is 11.5 Å². The molecular weight excluding hydrogens is 225 g/mol. The lowest BCUT2D eigenvalue weighted by atomic mass is 10.0. The number of benzene rings is 1. The van der Waals surface area contributed by atoms with Gasteiger partial charge in [-0.05, 0) is 25.1 Å². The summed E-state index contributed by atoms with van der Waals surface area (Å²) in [5.74, 6) is -1.06. The summed E-state index contributed by atoms with van der Waals surface area (Å²) in [7, 11) is 0. The molecule has 2 rings (SSSR count). The number of hydrogen-bond acceptors (Lipinski definition) is 4. The van der Waals surface area contributed by atoms with Crippen LogP contribution < -0.4 is 0 Å². The van der Waals surface area contributed by atoms with Gasteiger partial charge in [-0.1, -0.05) is 5.16 Å². The third kappa shape index (κ3) is 2.61. The lowest BCUT2D eigenvalue weighted by molar-refractivity contribution is -0.119. The minimum absolute atomic E-state index is 0.0309. The van der Waals surface area contributed by atoms with E-state index >= 15 is 0 Å². The van der Waals surface area contributed by atoms with Gasteiger partial charge in [0.15, 0.2) is 11.6 Å². The molecule has 0 amide bonds. The molecule has 0 unspecified atom stereocenters. The van der Waals surface area contributed by atoms with Crippen molar-refractivity contribution < 1.29 is 19.1 Å². The summed E-state index contributed by atoms with van der Waals surface area (Å²) in [6.07, 6.45) is 0.511. The van der Waals surface area contributed by atoms with Crippen LogP contribution in [-0.2, 0) is 9.63 Å².